The molecule has 0 spiro atoms. The first-order valence-electron chi connectivity index (χ1n) is 3.82. The van der Waals surface area contributed by atoms with E-state index in [9.17, 15) is 10.0 Å². The maximum absolute atomic E-state index is 11.1. The standard InChI is InChI=1S/C8H13NO5/c1-8(2,14-12)9(11)6-4-5-7(10)13-3/h4-6,12H,1-3H3/b5-4+,9-6-. The number of carbonyl (C=O) groups excluding carboxylic acids is 1. The van der Waals surface area contributed by atoms with Crippen LogP contribution in [0.25, 0.3) is 0 Å². The molecule has 80 valence electrons. The number of esters is 1. The summed E-state index contributed by atoms with van der Waals surface area (Å²) in [6, 6.07) is 0. The molecule has 0 amide bonds. The summed E-state index contributed by atoms with van der Waals surface area (Å²) >= 11 is 0. The minimum absolute atomic E-state index is 0.354. The SMILES string of the molecule is COC(=O)/C=C/C=[N+](\[O-])C(C)(C)OO. The van der Waals surface area contributed by atoms with Gasteiger partial charge in [0.2, 0.25) is 0 Å². The average Bonchev–Trinajstić information content (AvgIpc) is 2.17. The van der Waals surface area contributed by atoms with Gasteiger partial charge in [-0.2, -0.15) is 9.63 Å². The van der Waals surface area contributed by atoms with Gasteiger partial charge < -0.3 is 9.94 Å². The van der Waals surface area contributed by atoms with Gasteiger partial charge in [0.25, 0.3) is 5.72 Å². The third-order valence-electron chi connectivity index (χ3n) is 1.41. The predicted octanol–water partition coefficient (Wildman–Crippen LogP) is 0.522. The lowest BCUT2D eigenvalue weighted by molar-refractivity contribution is -0.642. The maximum atomic E-state index is 11.1. The van der Waals surface area contributed by atoms with Crippen molar-refractivity contribution in [1.29, 1.82) is 0 Å². The van der Waals surface area contributed by atoms with E-state index in [-0.39, 0.29) is 0 Å². The van der Waals surface area contributed by atoms with Gasteiger partial charge in [0.15, 0.2) is 6.21 Å². The highest BCUT2D eigenvalue weighted by atomic mass is 17.1. The Morgan fingerprint density at radius 2 is 2.14 bits per heavy atom. The highest BCUT2D eigenvalue weighted by Crippen LogP contribution is 2.06. The lowest BCUT2D eigenvalue weighted by atomic mass is 10.3. The third-order valence-corrected chi connectivity index (χ3v) is 1.41. The second-order valence-corrected chi connectivity index (χ2v) is 2.90. The summed E-state index contributed by atoms with van der Waals surface area (Å²) in [6.07, 6.45) is 3.30. The first-order valence-corrected chi connectivity index (χ1v) is 3.82. The number of hydrogen-bond acceptors (Lipinski definition) is 5. The molecule has 0 aliphatic rings. The van der Waals surface area contributed by atoms with Crippen LogP contribution in [0.2, 0.25) is 0 Å². The fraction of sp³-hybridized carbons (Fsp3) is 0.500. The molecule has 0 aliphatic heterocycles. The van der Waals surface area contributed by atoms with Crippen LogP contribution in [0.15, 0.2) is 12.2 Å². The monoisotopic (exact) mass is 203 g/mol. The molecule has 1 N–H and O–H groups in total. The number of nitrogens with zero attached hydrogens (tertiary/aromatic N) is 1. The largest absolute Gasteiger partial charge is 0.622 e. The summed E-state index contributed by atoms with van der Waals surface area (Å²) in [7, 11) is 1.22. The van der Waals surface area contributed by atoms with Crippen LogP contribution in [0, 0.1) is 5.21 Å². The van der Waals surface area contributed by atoms with Crippen molar-refractivity contribution >= 4 is 12.2 Å². The van der Waals surface area contributed by atoms with Crippen molar-refractivity contribution in [3.63, 3.8) is 0 Å². The Hall–Kier alpha value is -1.40. The van der Waals surface area contributed by atoms with Crippen molar-refractivity contribution < 1.29 is 24.4 Å². The van der Waals surface area contributed by atoms with Crippen molar-refractivity contribution in [2.45, 2.75) is 19.6 Å². The van der Waals surface area contributed by atoms with Gasteiger partial charge in [-0.05, 0) is 0 Å². The molecule has 0 rings (SSSR count). The van der Waals surface area contributed by atoms with Crippen LogP contribution in [0.1, 0.15) is 13.8 Å². The third kappa shape index (κ3) is 4.01. The Labute approximate surface area is 81.6 Å². The molecule has 0 unspecified atom stereocenters. The summed E-state index contributed by atoms with van der Waals surface area (Å²) in [4.78, 5) is 14.5. The molecule has 0 aromatic rings. The molecule has 14 heavy (non-hydrogen) atoms. The molecule has 0 saturated carbocycles. The van der Waals surface area contributed by atoms with Crippen LogP contribution < -0.4 is 0 Å². The van der Waals surface area contributed by atoms with Crippen molar-refractivity contribution in [2.24, 2.45) is 0 Å². The fourth-order valence-electron chi connectivity index (χ4n) is 0.488. The average molecular weight is 203 g/mol. The van der Waals surface area contributed by atoms with E-state index >= 15 is 0 Å². The smallest absolute Gasteiger partial charge is 0.330 e. The molecule has 0 fully saturated rings. The Morgan fingerprint density at radius 1 is 1.57 bits per heavy atom. The lowest BCUT2D eigenvalue weighted by Gasteiger charge is -2.18. The highest BCUT2D eigenvalue weighted by Gasteiger charge is 2.26. The molecular formula is C8H13NO5. The number of rotatable bonds is 4. The lowest BCUT2D eigenvalue weighted by Crippen LogP contribution is -2.35. The summed E-state index contributed by atoms with van der Waals surface area (Å²) in [5, 5.41) is 19.5. The summed E-state index contributed by atoms with van der Waals surface area (Å²) in [5.41, 5.74) is -1.39. The van der Waals surface area contributed by atoms with E-state index < -0.39 is 11.7 Å². The van der Waals surface area contributed by atoms with Gasteiger partial charge >= 0.3 is 5.97 Å². The van der Waals surface area contributed by atoms with Crippen molar-refractivity contribution in [3.05, 3.63) is 17.4 Å². The van der Waals surface area contributed by atoms with E-state index in [4.69, 9.17) is 5.26 Å². The number of hydroxylamine groups is 1. The van der Waals surface area contributed by atoms with Crippen LogP contribution in [0.3, 0.4) is 0 Å². The number of ether oxygens (including phenoxy) is 1. The minimum Gasteiger partial charge on any atom is -0.622 e. The van der Waals surface area contributed by atoms with E-state index in [1.165, 1.54) is 27.0 Å². The summed E-state index contributed by atoms with van der Waals surface area (Å²) < 4.78 is 4.65. The van der Waals surface area contributed by atoms with E-state index in [2.05, 4.69) is 9.62 Å². The van der Waals surface area contributed by atoms with Crippen LogP contribution in [-0.4, -0.2) is 35.0 Å². The number of hydrogen-bond donors (Lipinski definition) is 1. The van der Waals surface area contributed by atoms with Crippen LogP contribution in [0.4, 0.5) is 0 Å². The van der Waals surface area contributed by atoms with Crippen LogP contribution >= 0.6 is 0 Å². The predicted molar refractivity (Wildman–Crippen MR) is 48.6 cm³/mol. The van der Waals surface area contributed by atoms with E-state index in [0.717, 1.165) is 12.3 Å². The molecule has 0 aliphatic carbocycles. The molecule has 0 radical (unpaired) electrons. The Morgan fingerprint density at radius 3 is 2.57 bits per heavy atom. The normalized spacial score (nSPS) is 13.3. The molecular weight excluding hydrogens is 190 g/mol. The number of allylic oxidation sites excluding steroid dienone is 1. The van der Waals surface area contributed by atoms with Gasteiger partial charge in [-0.15, -0.1) is 0 Å². The molecule has 0 bridgehead atoms. The topological polar surface area (TPSA) is 81.8 Å². The molecule has 0 atom stereocenters. The fourth-order valence-corrected chi connectivity index (χ4v) is 0.488. The Bertz CT molecular complexity index is 256. The molecule has 6 nitrogen and oxygen atoms in total. The minimum atomic E-state index is -1.39. The second kappa shape index (κ2) is 5.36. The van der Waals surface area contributed by atoms with Gasteiger partial charge in [-0.25, -0.2) is 10.1 Å². The Balaban J connectivity index is 4.40. The van der Waals surface area contributed by atoms with Crippen molar-refractivity contribution in [1.82, 2.24) is 0 Å². The molecule has 0 heterocycles. The van der Waals surface area contributed by atoms with E-state index in [1.807, 2.05) is 0 Å². The highest BCUT2D eigenvalue weighted by molar-refractivity contribution is 5.86. The number of carbonyl (C=O) groups is 1. The molecule has 0 aromatic heterocycles. The van der Waals surface area contributed by atoms with Crippen molar-refractivity contribution in [2.75, 3.05) is 7.11 Å². The zero-order chi connectivity index (χ0) is 11.2. The maximum Gasteiger partial charge on any atom is 0.330 e. The van der Waals surface area contributed by atoms with E-state index in [0.29, 0.717) is 4.74 Å². The summed E-state index contributed by atoms with van der Waals surface area (Å²) in [6.45, 7) is 2.73. The van der Waals surface area contributed by atoms with Crippen LogP contribution in [0.5, 0.6) is 0 Å². The van der Waals surface area contributed by atoms with Gasteiger partial charge in [0, 0.05) is 26.0 Å². The van der Waals surface area contributed by atoms with Crippen LogP contribution in [-0.2, 0) is 14.4 Å². The van der Waals surface area contributed by atoms with Crippen molar-refractivity contribution in [3.8, 4) is 0 Å². The number of methoxy groups -OCH3 is 1. The van der Waals surface area contributed by atoms with E-state index in [1.54, 1.807) is 0 Å². The second-order valence-electron chi connectivity index (χ2n) is 2.90. The Kier molecular flexibility index (Phi) is 4.82. The molecule has 6 heteroatoms. The zero-order valence-electron chi connectivity index (χ0n) is 8.26. The zero-order valence-corrected chi connectivity index (χ0v) is 8.26. The first kappa shape index (κ1) is 12.6. The van der Waals surface area contributed by atoms with Gasteiger partial charge in [-0.3, -0.25) is 0 Å². The summed E-state index contributed by atoms with van der Waals surface area (Å²) in [5.74, 6) is -0.572. The van der Waals surface area contributed by atoms with Gasteiger partial charge in [-0.1, -0.05) is 0 Å². The first-order chi connectivity index (χ1) is 6.44. The van der Waals surface area contributed by atoms with Gasteiger partial charge in [0.1, 0.15) is 0 Å². The quantitative estimate of drug-likeness (QED) is 0.105. The van der Waals surface area contributed by atoms with Gasteiger partial charge in [0.05, 0.1) is 7.11 Å². The molecule has 0 saturated heterocycles. The molecule has 0 aromatic carbocycles.